The number of nitrogens with zero attached hydrogens (tertiary/aromatic N) is 1. The number of carboxylic acid groups (broad SMARTS) is 1. The van der Waals surface area contributed by atoms with Gasteiger partial charge in [0.25, 0.3) is 5.19 Å². The van der Waals surface area contributed by atoms with Gasteiger partial charge in [0.2, 0.25) is 0 Å². The highest BCUT2D eigenvalue weighted by molar-refractivity contribution is 7.20. The molecule has 5 nitrogen and oxygen atoms in total. The van der Waals surface area contributed by atoms with Crippen LogP contribution in [-0.2, 0) is 4.79 Å². The van der Waals surface area contributed by atoms with Crippen molar-refractivity contribution in [1.29, 1.82) is 0 Å². The molecular weight excluding hydrogens is 240 g/mol. The van der Waals surface area contributed by atoms with Crippen molar-refractivity contribution >= 4 is 27.5 Å². The second-order valence-corrected chi connectivity index (χ2v) is 4.65. The van der Waals surface area contributed by atoms with Crippen molar-refractivity contribution in [2.75, 3.05) is 6.61 Å². The summed E-state index contributed by atoms with van der Waals surface area (Å²) >= 11 is 1.38. The molecular formula is C11H12N2O3S. The molecule has 2 rings (SSSR count). The minimum absolute atomic E-state index is 0.0752. The highest BCUT2D eigenvalue weighted by atomic mass is 32.1. The lowest BCUT2D eigenvalue weighted by molar-refractivity contribution is -0.139. The first kappa shape index (κ1) is 11.8. The number of hydrogen-bond acceptors (Lipinski definition) is 5. The van der Waals surface area contributed by atoms with Crippen molar-refractivity contribution in [3.05, 3.63) is 23.8 Å². The third-order valence-electron chi connectivity index (χ3n) is 2.30. The number of nitrogens with two attached hydrogens (primary N) is 1. The van der Waals surface area contributed by atoms with Gasteiger partial charge in [-0.1, -0.05) is 23.5 Å². The largest absolute Gasteiger partial charge is 0.480 e. The zero-order chi connectivity index (χ0) is 12.4. The van der Waals surface area contributed by atoms with E-state index in [9.17, 15) is 4.79 Å². The van der Waals surface area contributed by atoms with Crippen LogP contribution < -0.4 is 10.5 Å². The zero-order valence-corrected chi connectivity index (χ0v) is 10.0. The molecule has 1 aromatic carbocycles. The molecule has 0 fully saturated rings. The second-order valence-electron chi connectivity index (χ2n) is 3.66. The molecule has 0 aliphatic carbocycles. The Bertz CT molecular complexity index is 553. The Kier molecular flexibility index (Phi) is 3.26. The molecule has 0 amide bonds. The van der Waals surface area contributed by atoms with E-state index in [1.54, 1.807) is 0 Å². The van der Waals surface area contributed by atoms with E-state index in [-0.39, 0.29) is 6.61 Å². The summed E-state index contributed by atoms with van der Waals surface area (Å²) < 4.78 is 6.29. The summed E-state index contributed by atoms with van der Waals surface area (Å²) in [5.74, 6) is -1.08. The monoisotopic (exact) mass is 252 g/mol. The van der Waals surface area contributed by atoms with Gasteiger partial charge >= 0.3 is 5.97 Å². The topological polar surface area (TPSA) is 85.4 Å². The van der Waals surface area contributed by atoms with Crippen molar-refractivity contribution in [2.45, 2.75) is 13.0 Å². The number of hydrogen-bond donors (Lipinski definition) is 2. The van der Waals surface area contributed by atoms with Gasteiger partial charge in [0, 0.05) is 0 Å². The minimum Gasteiger partial charge on any atom is -0.480 e. The fourth-order valence-corrected chi connectivity index (χ4v) is 2.26. The van der Waals surface area contributed by atoms with Gasteiger partial charge in [0.15, 0.2) is 0 Å². The van der Waals surface area contributed by atoms with Crippen LogP contribution in [0.2, 0.25) is 0 Å². The fraction of sp³-hybridized carbons (Fsp3) is 0.273. The Hall–Kier alpha value is -1.66. The average molecular weight is 252 g/mol. The molecule has 0 aliphatic heterocycles. The Morgan fingerprint density at radius 3 is 3.06 bits per heavy atom. The van der Waals surface area contributed by atoms with Gasteiger partial charge in [-0.25, -0.2) is 4.98 Å². The molecule has 1 unspecified atom stereocenters. The number of aliphatic carboxylic acids is 1. The number of ether oxygens (including phenoxy) is 1. The Labute approximate surface area is 102 Å². The molecule has 90 valence electrons. The van der Waals surface area contributed by atoms with Crippen LogP contribution in [0.4, 0.5) is 0 Å². The maximum Gasteiger partial charge on any atom is 0.324 e. The van der Waals surface area contributed by atoms with Gasteiger partial charge in [0.05, 0.1) is 10.2 Å². The maximum absolute atomic E-state index is 10.5. The molecule has 0 spiro atoms. The number of rotatable bonds is 4. The lowest BCUT2D eigenvalue weighted by atomic mass is 10.2. The van der Waals surface area contributed by atoms with Crippen molar-refractivity contribution in [1.82, 2.24) is 4.98 Å². The summed E-state index contributed by atoms with van der Waals surface area (Å²) in [5, 5.41) is 9.07. The van der Waals surface area contributed by atoms with Crippen LogP contribution in [0.15, 0.2) is 18.2 Å². The molecule has 1 heterocycles. The van der Waals surface area contributed by atoms with Gasteiger partial charge in [0.1, 0.15) is 12.6 Å². The zero-order valence-electron chi connectivity index (χ0n) is 9.21. The van der Waals surface area contributed by atoms with E-state index in [4.69, 9.17) is 15.6 Å². The normalized spacial score (nSPS) is 12.6. The number of aryl methyl sites for hydroxylation is 1. The smallest absolute Gasteiger partial charge is 0.324 e. The second kappa shape index (κ2) is 4.68. The predicted octanol–water partition coefficient (Wildman–Crippen LogP) is 1.40. The van der Waals surface area contributed by atoms with Crippen molar-refractivity contribution in [3.63, 3.8) is 0 Å². The first-order valence-corrected chi connectivity index (χ1v) is 5.87. The van der Waals surface area contributed by atoms with Crippen LogP contribution in [0.5, 0.6) is 5.19 Å². The molecule has 0 radical (unpaired) electrons. The fourth-order valence-electron chi connectivity index (χ4n) is 1.36. The van der Waals surface area contributed by atoms with Crippen molar-refractivity contribution < 1.29 is 14.6 Å². The molecule has 17 heavy (non-hydrogen) atoms. The quantitative estimate of drug-likeness (QED) is 0.859. The number of aromatic nitrogens is 1. The lowest BCUT2D eigenvalue weighted by Gasteiger charge is -2.05. The molecule has 0 aliphatic rings. The first-order chi connectivity index (χ1) is 8.08. The number of carbonyl (C=O) groups is 1. The molecule has 3 N–H and O–H groups in total. The highest BCUT2D eigenvalue weighted by Crippen LogP contribution is 2.29. The van der Waals surface area contributed by atoms with Gasteiger partial charge in [-0.05, 0) is 18.6 Å². The maximum atomic E-state index is 10.5. The van der Waals surface area contributed by atoms with E-state index >= 15 is 0 Å². The number of carboxylic acids is 1. The minimum atomic E-state index is -1.08. The van der Waals surface area contributed by atoms with Crippen LogP contribution in [-0.4, -0.2) is 28.7 Å². The van der Waals surface area contributed by atoms with Crippen LogP contribution in [0.3, 0.4) is 0 Å². The Balaban J connectivity index is 2.15. The number of thiazole rings is 1. The summed E-state index contributed by atoms with van der Waals surface area (Å²) in [6, 6.07) is 4.84. The third kappa shape index (κ3) is 2.54. The third-order valence-corrected chi connectivity index (χ3v) is 3.24. The Morgan fingerprint density at radius 2 is 2.41 bits per heavy atom. The summed E-state index contributed by atoms with van der Waals surface area (Å²) in [6.45, 7) is 1.89. The molecule has 2 aromatic rings. The molecule has 0 saturated carbocycles. The van der Waals surface area contributed by atoms with E-state index in [0.717, 1.165) is 15.8 Å². The molecule has 6 heteroatoms. The van der Waals surface area contributed by atoms with Gasteiger partial charge < -0.3 is 15.6 Å². The van der Waals surface area contributed by atoms with E-state index in [2.05, 4.69) is 4.98 Å². The van der Waals surface area contributed by atoms with Crippen LogP contribution >= 0.6 is 11.3 Å². The standard InChI is InChI=1S/C11H12N2O3S/c1-6-3-2-4-8-9(6)13-11(17-8)16-5-7(12)10(14)15/h2-4,7H,5,12H2,1H3,(H,14,15). The van der Waals surface area contributed by atoms with Crippen molar-refractivity contribution in [2.24, 2.45) is 5.73 Å². The number of benzene rings is 1. The van der Waals surface area contributed by atoms with Crippen LogP contribution in [0.25, 0.3) is 10.2 Å². The summed E-state index contributed by atoms with van der Waals surface area (Å²) in [7, 11) is 0. The predicted molar refractivity (Wildman–Crippen MR) is 65.5 cm³/mol. The molecule has 1 aromatic heterocycles. The van der Waals surface area contributed by atoms with Crippen molar-refractivity contribution in [3.8, 4) is 5.19 Å². The van der Waals surface area contributed by atoms with E-state index in [1.165, 1.54) is 11.3 Å². The van der Waals surface area contributed by atoms with E-state index in [1.807, 2.05) is 25.1 Å². The summed E-state index contributed by atoms with van der Waals surface area (Å²) in [5.41, 5.74) is 7.29. The highest BCUT2D eigenvalue weighted by Gasteiger charge is 2.14. The van der Waals surface area contributed by atoms with E-state index in [0.29, 0.717) is 5.19 Å². The molecule has 0 saturated heterocycles. The Morgan fingerprint density at radius 1 is 1.65 bits per heavy atom. The lowest BCUT2D eigenvalue weighted by Crippen LogP contribution is -2.36. The number of fused-ring (bicyclic) bond motifs is 1. The average Bonchev–Trinajstić information content (AvgIpc) is 2.70. The molecule has 0 bridgehead atoms. The van der Waals surface area contributed by atoms with Gasteiger partial charge in [-0.3, -0.25) is 4.79 Å². The van der Waals surface area contributed by atoms with E-state index < -0.39 is 12.0 Å². The molecule has 1 atom stereocenters. The number of para-hydroxylation sites is 1. The SMILES string of the molecule is Cc1cccc2sc(OCC(N)C(=O)O)nc12. The first-order valence-electron chi connectivity index (χ1n) is 5.05. The summed E-state index contributed by atoms with van der Waals surface area (Å²) in [6.07, 6.45) is 0. The summed E-state index contributed by atoms with van der Waals surface area (Å²) in [4.78, 5) is 14.8. The van der Waals surface area contributed by atoms with Gasteiger partial charge in [-0.15, -0.1) is 0 Å². The van der Waals surface area contributed by atoms with Gasteiger partial charge in [-0.2, -0.15) is 0 Å². The van der Waals surface area contributed by atoms with Crippen LogP contribution in [0.1, 0.15) is 5.56 Å². The van der Waals surface area contributed by atoms with Crippen LogP contribution in [0, 0.1) is 6.92 Å².